The lowest BCUT2D eigenvalue weighted by Gasteiger charge is -2.11. The molecule has 1 amide bonds. The Kier molecular flexibility index (Phi) is 6.20. The van der Waals surface area contributed by atoms with Crippen LogP contribution in [-0.4, -0.2) is 21.1 Å². The van der Waals surface area contributed by atoms with Crippen LogP contribution in [0.15, 0.2) is 77.7 Å². The van der Waals surface area contributed by atoms with E-state index in [-0.39, 0.29) is 17.4 Å². The maximum absolute atomic E-state index is 12.8. The van der Waals surface area contributed by atoms with E-state index in [1.165, 1.54) is 36.4 Å². The lowest BCUT2D eigenvalue weighted by atomic mass is 10.2. The van der Waals surface area contributed by atoms with Crippen LogP contribution < -0.4 is 19.5 Å². The van der Waals surface area contributed by atoms with Gasteiger partial charge in [-0.15, -0.1) is 0 Å². The summed E-state index contributed by atoms with van der Waals surface area (Å²) in [6, 6.07) is 14.3. The summed E-state index contributed by atoms with van der Waals surface area (Å²) in [5, 5.41) is 2.60. The van der Waals surface area contributed by atoms with Crippen molar-refractivity contribution in [3.63, 3.8) is 0 Å². The number of anilines is 2. The monoisotopic (exact) mass is 490 g/mol. The van der Waals surface area contributed by atoms with Crippen molar-refractivity contribution in [2.75, 3.05) is 16.8 Å². The molecule has 1 aliphatic heterocycles. The fourth-order valence-electron chi connectivity index (χ4n) is 3.06. The second-order valence-electron chi connectivity index (χ2n) is 7.14. The van der Waals surface area contributed by atoms with Gasteiger partial charge in [0.05, 0.1) is 10.5 Å². The number of nitrogens with one attached hydrogen (secondary N) is 2. The summed E-state index contributed by atoms with van der Waals surface area (Å²) in [5.74, 6) is 0.757. The molecule has 11 heteroatoms. The van der Waals surface area contributed by atoms with Gasteiger partial charge in [-0.2, -0.15) is 13.2 Å². The number of hydrogen-bond acceptors (Lipinski definition) is 5. The zero-order valence-electron chi connectivity index (χ0n) is 17.3. The number of alkyl halides is 3. The van der Waals surface area contributed by atoms with Crippen LogP contribution in [-0.2, 0) is 21.0 Å². The third-order valence-corrected chi connectivity index (χ3v) is 6.10. The summed E-state index contributed by atoms with van der Waals surface area (Å²) in [7, 11) is -4.14. The number of halogens is 3. The third kappa shape index (κ3) is 5.49. The molecule has 0 fully saturated rings. The minimum Gasteiger partial charge on any atom is -0.454 e. The SMILES string of the molecule is O=C(/C=C/c1ccc2c(c1)OCO2)Nc1ccc(S(=O)(=O)Nc2cccc(C(F)(F)F)c2)cc1. The highest BCUT2D eigenvalue weighted by Gasteiger charge is 2.30. The molecular weight excluding hydrogens is 473 g/mol. The van der Waals surface area contributed by atoms with Gasteiger partial charge in [0, 0.05) is 17.5 Å². The number of hydrogen-bond donors (Lipinski definition) is 2. The molecule has 0 aromatic heterocycles. The van der Waals surface area contributed by atoms with Crippen molar-refractivity contribution in [1.29, 1.82) is 0 Å². The molecule has 1 heterocycles. The van der Waals surface area contributed by atoms with Crippen molar-refractivity contribution in [1.82, 2.24) is 0 Å². The zero-order valence-corrected chi connectivity index (χ0v) is 18.1. The van der Waals surface area contributed by atoms with E-state index in [1.54, 1.807) is 24.3 Å². The lowest BCUT2D eigenvalue weighted by Crippen LogP contribution is -2.14. The minimum atomic E-state index is -4.60. The zero-order chi connectivity index (χ0) is 24.3. The van der Waals surface area contributed by atoms with Crippen LogP contribution in [0.5, 0.6) is 11.5 Å². The van der Waals surface area contributed by atoms with E-state index in [0.717, 1.165) is 17.7 Å². The first-order valence-electron chi connectivity index (χ1n) is 9.79. The average Bonchev–Trinajstić information content (AvgIpc) is 3.25. The standard InChI is InChI=1S/C23H17F3N2O5S/c24-23(25,26)16-2-1-3-18(13-16)28-34(30,31)19-8-6-17(7-9-19)27-22(29)11-5-15-4-10-20-21(12-15)33-14-32-20/h1-13,28H,14H2,(H,27,29)/b11-5+. The van der Waals surface area contributed by atoms with E-state index in [1.807, 2.05) is 0 Å². The lowest BCUT2D eigenvalue weighted by molar-refractivity contribution is -0.137. The van der Waals surface area contributed by atoms with Crippen LogP contribution in [0.4, 0.5) is 24.5 Å². The number of rotatable bonds is 6. The molecule has 4 rings (SSSR count). The van der Waals surface area contributed by atoms with Gasteiger partial charge in [0.25, 0.3) is 10.0 Å². The van der Waals surface area contributed by atoms with Crippen LogP contribution >= 0.6 is 0 Å². The van der Waals surface area contributed by atoms with Gasteiger partial charge in [-0.05, 0) is 66.2 Å². The van der Waals surface area contributed by atoms with Gasteiger partial charge in [-0.25, -0.2) is 8.42 Å². The fraction of sp³-hybridized carbons (Fsp3) is 0.0870. The van der Waals surface area contributed by atoms with Crippen LogP contribution in [0.3, 0.4) is 0 Å². The molecule has 3 aromatic carbocycles. The van der Waals surface area contributed by atoms with Gasteiger partial charge >= 0.3 is 6.18 Å². The van der Waals surface area contributed by atoms with Crippen LogP contribution in [0.2, 0.25) is 0 Å². The smallest absolute Gasteiger partial charge is 0.416 e. The highest BCUT2D eigenvalue weighted by atomic mass is 32.2. The first-order valence-corrected chi connectivity index (χ1v) is 11.3. The van der Waals surface area contributed by atoms with E-state index in [2.05, 4.69) is 10.0 Å². The number of ether oxygens (including phenoxy) is 2. The summed E-state index contributed by atoms with van der Waals surface area (Å²) in [4.78, 5) is 12.0. The summed E-state index contributed by atoms with van der Waals surface area (Å²) < 4.78 is 76.2. The molecule has 34 heavy (non-hydrogen) atoms. The number of carbonyl (C=O) groups excluding carboxylic acids is 1. The molecule has 2 N–H and O–H groups in total. The first kappa shape index (κ1) is 23.2. The van der Waals surface area contributed by atoms with Gasteiger partial charge in [0.1, 0.15) is 0 Å². The predicted molar refractivity (Wildman–Crippen MR) is 119 cm³/mol. The molecule has 1 aliphatic rings. The van der Waals surface area contributed by atoms with Crippen LogP contribution in [0, 0.1) is 0 Å². The molecular formula is C23H17F3N2O5S. The van der Waals surface area contributed by atoms with Gasteiger partial charge < -0.3 is 14.8 Å². The molecule has 0 saturated carbocycles. The van der Waals surface area contributed by atoms with Gasteiger partial charge in [-0.1, -0.05) is 12.1 Å². The summed E-state index contributed by atoms with van der Waals surface area (Å²) >= 11 is 0. The fourth-order valence-corrected chi connectivity index (χ4v) is 4.11. The van der Waals surface area contributed by atoms with E-state index in [9.17, 15) is 26.4 Å². The normalized spacial score (nSPS) is 13.1. The van der Waals surface area contributed by atoms with Gasteiger partial charge in [0.2, 0.25) is 12.7 Å². The highest BCUT2D eigenvalue weighted by molar-refractivity contribution is 7.92. The summed E-state index contributed by atoms with van der Waals surface area (Å²) in [5.41, 5.74) is -0.139. The highest BCUT2D eigenvalue weighted by Crippen LogP contribution is 2.33. The van der Waals surface area contributed by atoms with E-state index in [0.29, 0.717) is 23.3 Å². The van der Waals surface area contributed by atoms with Crippen LogP contribution in [0.1, 0.15) is 11.1 Å². The summed E-state index contributed by atoms with van der Waals surface area (Å²) in [6.45, 7) is 0.143. The number of sulfonamides is 1. The van der Waals surface area contributed by atoms with Crippen molar-refractivity contribution >= 4 is 33.4 Å². The molecule has 7 nitrogen and oxygen atoms in total. The Labute approximate surface area is 192 Å². The van der Waals surface area contributed by atoms with Crippen LogP contribution in [0.25, 0.3) is 6.08 Å². The van der Waals surface area contributed by atoms with Crippen molar-refractivity contribution in [3.8, 4) is 11.5 Å². The topological polar surface area (TPSA) is 93.7 Å². The number of benzene rings is 3. The Hall–Kier alpha value is -3.99. The minimum absolute atomic E-state index is 0.143. The average molecular weight is 490 g/mol. The van der Waals surface area contributed by atoms with E-state index in [4.69, 9.17) is 9.47 Å². The Morgan fingerprint density at radius 1 is 0.912 bits per heavy atom. The second-order valence-corrected chi connectivity index (χ2v) is 8.83. The van der Waals surface area contributed by atoms with Gasteiger partial charge in [-0.3, -0.25) is 9.52 Å². The molecule has 0 saturated heterocycles. The molecule has 0 aliphatic carbocycles. The molecule has 0 unspecified atom stereocenters. The van der Waals surface area contributed by atoms with E-state index >= 15 is 0 Å². The second kappa shape index (κ2) is 9.10. The van der Waals surface area contributed by atoms with Crippen molar-refractivity contribution < 1.29 is 35.9 Å². The van der Waals surface area contributed by atoms with Crippen molar-refractivity contribution in [3.05, 3.63) is 83.9 Å². The molecule has 0 spiro atoms. The van der Waals surface area contributed by atoms with Crippen molar-refractivity contribution in [2.24, 2.45) is 0 Å². The number of amides is 1. The van der Waals surface area contributed by atoms with Crippen molar-refractivity contribution in [2.45, 2.75) is 11.1 Å². The Bertz CT molecular complexity index is 1350. The van der Waals surface area contributed by atoms with E-state index < -0.39 is 27.7 Å². The Morgan fingerprint density at radius 2 is 1.65 bits per heavy atom. The molecule has 3 aromatic rings. The molecule has 0 atom stereocenters. The molecule has 0 radical (unpaired) electrons. The third-order valence-electron chi connectivity index (χ3n) is 4.70. The predicted octanol–water partition coefficient (Wildman–Crippen LogP) is 4.89. The summed E-state index contributed by atoms with van der Waals surface area (Å²) in [6.07, 6.45) is -1.72. The largest absolute Gasteiger partial charge is 0.454 e. The first-order chi connectivity index (χ1) is 16.1. The Morgan fingerprint density at radius 3 is 2.38 bits per heavy atom. The van der Waals surface area contributed by atoms with Gasteiger partial charge in [0.15, 0.2) is 11.5 Å². The maximum Gasteiger partial charge on any atom is 0.416 e. The number of carbonyl (C=O) groups is 1. The molecule has 176 valence electrons. The Balaban J connectivity index is 1.40. The quantitative estimate of drug-likeness (QED) is 0.480. The maximum atomic E-state index is 12.8. The number of fused-ring (bicyclic) bond motifs is 1. The molecule has 0 bridgehead atoms.